The van der Waals surface area contributed by atoms with E-state index in [1.807, 2.05) is 0 Å². The van der Waals surface area contributed by atoms with Crippen LogP contribution in [0.1, 0.15) is 130 Å². The molecule has 0 aromatic rings. The maximum atomic E-state index is 6.48. The molecule has 2 saturated carbocycles. The van der Waals surface area contributed by atoms with Gasteiger partial charge in [0.2, 0.25) is 5.91 Å². The molecule has 2 aliphatic rings. The van der Waals surface area contributed by atoms with Crippen molar-refractivity contribution in [3.8, 4) is 0 Å². The second-order valence-electron chi connectivity index (χ2n) is 9.62. The molecule has 0 aliphatic heterocycles. The van der Waals surface area contributed by atoms with Gasteiger partial charge in [0.05, 0.1) is 6.04 Å². The lowest BCUT2D eigenvalue weighted by Gasteiger charge is -2.45. The summed E-state index contributed by atoms with van der Waals surface area (Å²) in [6.07, 6.45) is 22.3. The summed E-state index contributed by atoms with van der Waals surface area (Å²) < 4.78 is 13.0. The zero-order valence-corrected chi connectivity index (χ0v) is 20.5. The molecule has 4 nitrogen and oxygen atoms in total. The zero-order valence-electron chi connectivity index (χ0n) is 20.5. The zero-order chi connectivity index (χ0) is 21.5. The maximum Gasteiger partial charge on any atom is 0.243 e. The van der Waals surface area contributed by atoms with Crippen LogP contribution >= 0.6 is 0 Å². The van der Waals surface area contributed by atoms with Crippen LogP contribution in [0.3, 0.4) is 0 Å². The third-order valence-electron chi connectivity index (χ3n) is 7.08. The van der Waals surface area contributed by atoms with Gasteiger partial charge in [0.1, 0.15) is 0 Å². The Morgan fingerprint density at radius 1 is 0.700 bits per heavy atom. The molecular formula is C26H52N2O2. The molecule has 1 unspecified atom stereocenters. The van der Waals surface area contributed by atoms with Gasteiger partial charge in [-0.15, -0.1) is 0 Å². The van der Waals surface area contributed by atoms with Gasteiger partial charge in [-0.3, -0.25) is 5.32 Å². The second-order valence-corrected chi connectivity index (χ2v) is 9.62. The molecule has 0 saturated heterocycles. The van der Waals surface area contributed by atoms with Crippen molar-refractivity contribution in [1.82, 2.24) is 10.6 Å². The molecule has 0 heterocycles. The van der Waals surface area contributed by atoms with E-state index in [9.17, 15) is 0 Å². The van der Waals surface area contributed by atoms with Crippen molar-refractivity contribution in [1.29, 1.82) is 0 Å². The van der Waals surface area contributed by atoms with E-state index in [1.54, 1.807) is 0 Å². The van der Waals surface area contributed by atoms with E-state index in [0.717, 1.165) is 6.42 Å². The maximum absolute atomic E-state index is 6.48. The van der Waals surface area contributed by atoms with Crippen molar-refractivity contribution in [2.75, 3.05) is 13.2 Å². The Morgan fingerprint density at radius 3 is 1.80 bits per heavy atom. The van der Waals surface area contributed by atoms with E-state index in [4.69, 9.17) is 9.47 Å². The Kier molecular flexibility index (Phi) is 13.6. The first-order chi connectivity index (χ1) is 14.7. The van der Waals surface area contributed by atoms with Crippen LogP contribution in [-0.2, 0) is 9.47 Å². The lowest BCUT2D eigenvalue weighted by Crippen LogP contribution is -2.67. The first-order valence-electron chi connectivity index (χ1n) is 13.6. The minimum absolute atomic E-state index is 0.216. The van der Waals surface area contributed by atoms with Crippen LogP contribution in [0.25, 0.3) is 0 Å². The summed E-state index contributed by atoms with van der Waals surface area (Å²) in [5, 5.41) is 7.96. The number of unbranched alkanes of at least 4 members (excludes halogenated alkanes) is 5. The Hall–Kier alpha value is -0.160. The first-order valence-corrected chi connectivity index (χ1v) is 13.6. The largest absolute Gasteiger partial charge is 0.336 e. The van der Waals surface area contributed by atoms with Crippen LogP contribution in [0.4, 0.5) is 0 Å². The van der Waals surface area contributed by atoms with Crippen LogP contribution in [-0.4, -0.2) is 37.3 Å². The average Bonchev–Trinajstić information content (AvgIpc) is 2.77. The van der Waals surface area contributed by atoms with Gasteiger partial charge < -0.3 is 14.8 Å². The van der Waals surface area contributed by atoms with Crippen molar-refractivity contribution >= 4 is 0 Å². The predicted molar refractivity (Wildman–Crippen MR) is 128 cm³/mol. The van der Waals surface area contributed by atoms with Crippen molar-refractivity contribution in [3.05, 3.63) is 0 Å². The normalized spacial score (nSPS) is 20.5. The minimum Gasteiger partial charge on any atom is -0.336 e. The number of rotatable bonds is 16. The molecular weight excluding hydrogens is 372 g/mol. The monoisotopic (exact) mass is 424 g/mol. The molecule has 0 aromatic carbocycles. The molecule has 2 N–H and O–H groups in total. The topological polar surface area (TPSA) is 42.5 Å². The van der Waals surface area contributed by atoms with E-state index in [0.29, 0.717) is 25.3 Å². The van der Waals surface area contributed by atoms with E-state index in [1.165, 1.54) is 103 Å². The van der Waals surface area contributed by atoms with Crippen LogP contribution in [0, 0.1) is 0 Å². The highest BCUT2D eigenvalue weighted by Crippen LogP contribution is 2.28. The molecule has 2 rings (SSSR count). The predicted octanol–water partition coefficient (Wildman–Crippen LogP) is 6.68. The van der Waals surface area contributed by atoms with Gasteiger partial charge in [-0.05, 0) is 46.0 Å². The summed E-state index contributed by atoms with van der Waals surface area (Å²) in [7, 11) is 0. The number of ether oxygens (including phenoxy) is 2. The number of hydrogen-bond acceptors (Lipinski definition) is 4. The quantitative estimate of drug-likeness (QED) is 0.214. The van der Waals surface area contributed by atoms with Crippen molar-refractivity contribution < 1.29 is 9.47 Å². The standard InChI is InChI=1S/C26H52N2O2/c1-4-7-8-9-10-17-22-25(27-23-18-13-11-14-19-23)26(29-5-2,30-6-3)28-24-20-15-12-16-21-24/h23-25,27-28H,4-22H2,1-3H3. The van der Waals surface area contributed by atoms with Gasteiger partial charge in [-0.25, -0.2) is 0 Å². The highest BCUT2D eigenvalue weighted by Gasteiger charge is 2.43. The SMILES string of the molecule is CCCCCCCCC(NC1CCCCC1)C(NC1CCCCC1)(OCC)OCC. The Morgan fingerprint density at radius 2 is 1.23 bits per heavy atom. The van der Waals surface area contributed by atoms with E-state index in [-0.39, 0.29) is 6.04 Å². The summed E-state index contributed by atoms with van der Waals surface area (Å²) in [5.41, 5.74) is 0. The lowest BCUT2D eigenvalue weighted by molar-refractivity contribution is -0.276. The summed E-state index contributed by atoms with van der Waals surface area (Å²) in [4.78, 5) is 0. The second kappa shape index (κ2) is 15.6. The molecule has 4 heteroatoms. The summed E-state index contributed by atoms with van der Waals surface area (Å²) >= 11 is 0. The highest BCUT2D eigenvalue weighted by atomic mass is 16.7. The van der Waals surface area contributed by atoms with Crippen molar-refractivity contribution in [2.45, 2.75) is 154 Å². The first kappa shape index (κ1) is 26.1. The number of nitrogens with one attached hydrogen (secondary N) is 2. The fourth-order valence-electron chi connectivity index (χ4n) is 5.45. The van der Waals surface area contributed by atoms with Crippen molar-refractivity contribution in [3.63, 3.8) is 0 Å². The van der Waals surface area contributed by atoms with Crippen LogP contribution in [0.2, 0.25) is 0 Å². The van der Waals surface area contributed by atoms with Gasteiger partial charge in [0.25, 0.3) is 0 Å². The van der Waals surface area contributed by atoms with Crippen LogP contribution < -0.4 is 10.6 Å². The Balaban J connectivity index is 2.08. The van der Waals surface area contributed by atoms with Crippen LogP contribution in [0.5, 0.6) is 0 Å². The third kappa shape index (κ3) is 9.14. The molecule has 2 fully saturated rings. The van der Waals surface area contributed by atoms with Gasteiger partial charge in [-0.1, -0.05) is 84.0 Å². The highest BCUT2D eigenvalue weighted by molar-refractivity contribution is 4.91. The molecule has 1 atom stereocenters. The van der Waals surface area contributed by atoms with Gasteiger partial charge in [0.15, 0.2) is 0 Å². The van der Waals surface area contributed by atoms with E-state index in [2.05, 4.69) is 31.4 Å². The fourth-order valence-corrected chi connectivity index (χ4v) is 5.45. The summed E-state index contributed by atoms with van der Waals surface area (Å²) in [6, 6.07) is 1.34. The molecule has 0 aromatic heterocycles. The average molecular weight is 425 g/mol. The van der Waals surface area contributed by atoms with E-state index < -0.39 is 5.91 Å². The van der Waals surface area contributed by atoms with Gasteiger partial charge >= 0.3 is 0 Å². The molecule has 178 valence electrons. The molecule has 0 radical (unpaired) electrons. The number of hydrogen-bond donors (Lipinski definition) is 2. The molecule has 2 aliphatic carbocycles. The van der Waals surface area contributed by atoms with E-state index >= 15 is 0 Å². The van der Waals surface area contributed by atoms with Gasteiger partial charge in [0, 0.05) is 25.3 Å². The summed E-state index contributed by atoms with van der Waals surface area (Å²) in [6.45, 7) is 7.87. The fraction of sp³-hybridized carbons (Fsp3) is 1.00. The summed E-state index contributed by atoms with van der Waals surface area (Å²) in [5.74, 6) is -0.688. The van der Waals surface area contributed by atoms with Crippen molar-refractivity contribution in [2.24, 2.45) is 0 Å². The molecule has 0 amide bonds. The minimum atomic E-state index is -0.688. The molecule has 0 bridgehead atoms. The van der Waals surface area contributed by atoms with Crippen LogP contribution in [0.15, 0.2) is 0 Å². The molecule has 30 heavy (non-hydrogen) atoms. The third-order valence-corrected chi connectivity index (χ3v) is 7.08. The molecule has 0 spiro atoms. The Labute approximate surface area is 187 Å². The Bertz CT molecular complexity index is 400. The van der Waals surface area contributed by atoms with Gasteiger partial charge in [-0.2, -0.15) is 0 Å². The lowest BCUT2D eigenvalue weighted by atomic mass is 9.92. The smallest absolute Gasteiger partial charge is 0.243 e.